The third-order valence-corrected chi connectivity index (χ3v) is 5.76. The maximum Gasteiger partial charge on any atom is 0.301 e. The molecular formula is C21H16N4O6S. The molecule has 1 saturated heterocycles. The predicted octanol–water partition coefficient (Wildman–Crippen LogP) is 3.39. The fourth-order valence-electron chi connectivity index (χ4n) is 3.44. The van der Waals surface area contributed by atoms with E-state index in [2.05, 4.69) is 10.2 Å². The van der Waals surface area contributed by atoms with Gasteiger partial charge in [0.2, 0.25) is 5.13 Å². The van der Waals surface area contributed by atoms with Crippen molar-refractivity contribution in [2.24, 2.45) is 0 Å². The highest BCUT2D eigenvalue weighted by atomic mass is 32.1. The molecule has 10 nitrogen and oxygen atoms in total. The number of nitro benzene ring substituents is 1. The molecule has 1 fully saturated rings. The van der Waals surface area contributed by atoms with Crippen LogP contribution in [0.3, 0.4) is 0 Å². The number of carbonyl (C=O) groups excluding carboxylic acids is 2. The van der Waals surface area contributed by atoms with Gasteiger partial charge in [-0.05, 0) is 36.8 Å². The van der Waals surface area contributed by atoms with Gasteiger partial charge < -0.3 is 9.84 Å². The van der Waals surface area contributed by atoms with Crippen LogP contribution in [-0.2, 0) is 9.59 Å². The van der Waals surface area contributed by atoms with E-state index < -0.39 is 28.4 Å². The molecule has 0 aliphatic carbocycles. The molecule has 3 aromatic rings. The molecule has 162 valence electrons. The molecule has 0 radical (unpaired) electrons. The predicted molar refractivity (Wildman–Crippen MR) is 116 cm³/mol. The van der Waals surface area contributed by atoms with Gasteiger partial charge in [0.1, 0.15) is 16.5 Å². The van der Waals surface area contributed by atoms with Crippen molar-refractivity contribution in [1.82, 2.24) is 10.2 Å². The number of aliphatic hydroxyl groups excluding tert-OH is 1. The number of aliphatic hydroxyl groups is 1. The first-order valence-corrected chi connectivity index (χ1v) is 10.1. The van der Waals surface area contributed by atoms with E-state index in [0.717, 1.165) is 16.2 Å². The van der Waals surface area contributed by atoms with E-state index in [1.165, 1.54) is 25.3 Å². The standard InChI is InChI=1S/C21H16N4O6S/c1-11-22-23-21(32-11)24-17(13-4-3-5-14(10-13)25(29)30)16(19(27)20(24)28)18(26)12-6-8-15(31-2)9-7-12/h3-10,17,26H,1-2H3. The van der Waals surface area contributed by atoms with Crippen LogP contribution < -0.4 is 9.64 Å². The van der Waals surface area contributed by atoms with E-state index in [-0.39, 0.29) is 27.5 Å². The average molecular weight is 452 g/mol. The van der Waals surface area contributed by atoms with Crippen molar-refractivity contribution < 1.29 is 24.4 Å². The summed E-state index contributed by atoms with van der Waals surface area (Å²) >= 11 is 1.09. The van der Waals surface area contributed by atoms with Crippen LogP contribution in [-0.4, -0.2) is 39.0 Å². The zero-order valence-electron chi connectivity index (χ0n) is 16.9. The lowest BCUT2D eigenvalue weighted by Crippen LogP contribution is -2.29. The minimum absolute atomic E-state index is 0.148. The lowest BCUT2D eigenvalue weighted by molar-refractivity contribution is -0.384. The minimum Gasteiger partial charge on any atom is -0.507 e. The Morgan fingerprint density at radius 2 is 1.91 bits per heavy atom. The Morgan fingerprint density at radius 3 is 2.50 bits per heavy atom. The Morgan fingerprint density at radius 1 is 1.19 bits per heavy atom. The molecule has 1 aliphatic rings. The van der Waals surface area contributed by atoms with Gasteiger partial charge in [-0.1, -0.05) is 23.5 Å². The van der Waals surface area contributed by atoms with Gasteiger partial charge in [-0.3, -0.25) is 24.6 Å². The summed E-state index contributed by atoms with van der Waals surface area (Å²) in [5, 5.41) is 30.9. The highest BCUT2D eigenvalue weighted by Gasteiger charge is 2.48. The maximum atomic E-state index is 13.0. The number of ether oxygens (including phenoxy) is 1. The number of non-ortho nitro benzene ring substituents is 1. The second kappa shape index (κ2) is 8.19. The zero-order chi connectivity index (χ0) is 23.0. The summed E-state index contributed by atoms with van der Waals surface area (Å²) in [6.07, 6.45) is 0. The van der Waals surface area contributed by atoms with E-state index >= 15 is 0 Å². The molecule has 0 bridgehead atoms. The number of ketones is 1. The van der Waals surface area contributed by atoms with Gasteiger partial charge in [0, 0.05) is 17.7 Å². The quantitative estimate of drug-likeness (QED) is 0.205. The molecule has 0 saturated carbocycles. The number of hydrogen-bond acceptors (Lipinski definition) is 9. The van der Waals surface area contributed by atoms with Gasteiger partial charge in [-0.25, -0.2) is 0 Å². The lowest BCUT2D eigenvalue weighted by Gasteiger charge is -2.22. The highest BCUT2D eigenvalue weighted by molar-refractivity contribution is 7.15. The number of carbonyl (C=O) groups is 2. The Balaban J connectivity index is 1.94. The van der Waals surface area contributed by atoms with Crippen LogP contribution in [0.1, 0.15) is 22.2 Å². The number of hydrogen-bond donors (Lipinski definition) is 1. The van der Waals surface area contributed by atoms with Gasteiger partial charge in [0.25, 0.3) is 11.5 Å². The van der Waals surface area contributed by atoms with Crippen LogP contribution in [0.5, 0.6) is 5.75 Å². The molecule has 1 unspecified atom stereocenters. The van der Waals surface area contributed by atoms with E-state index in [1.807, 2.05) is 0 Å². The number of amides is 1. The number of anilines is 1. The minimum atomic E-state index is -1.12. The molecule has 0 spiro atoms. The van der Waals surface area contributed by atoms with E-state index in [0.29, 0.717) is 10.8 Å². The van der Waals surface area contributed by atoms with Crippen LogP contribution >= 0.6 is 11.3 Å². The molecule has 1 N–H and O–H groups in total. The highest BCUT2D eigenvalue weighted by Crippen LogP contribution is 2.43. The third-order valence-electron chi connectivity index (χ3n) is 4.93. The van der Waals surface area contributed by atoms with Crippen molar-refractivity contribution in [2.45, 2.75) is 13.0 Å². The third kappa shape index (κ3) is 3.58. The molecule has 1 atom stereocenters. The molecular weight excluding hydrogens is 436 g/mol. The summed E-state index contributed by atoms with van der Waals surface area (Å²) in [6, 6.07) is 10.7. The second-order valence-electron chi connectivity index (χ2n) is 6.85. The summed E-state index contributed by atoms with van der Waals surface area (Å²) in [5.74, 6) is -1.71. The normalized spacial score (nSPS) is 17.6. The van der Waals surface area contributed by atoms with Crippen LogP contribution in [0.2, 0.25) is 0 Å². The topological polar surface area (TPSA) is 136 Å². The Hall–Kier alpha value is -4.12. The number of nitro groups is 1. The maximum absolute atomic E-state index is 13.0. The summed E-state index contributed by atoms with van der Waals surface area (Å²) in [5.41, 5.74) is 0.147. The van der Waals surface area contributed by atoms with Crippen LogP contribution in [0, 0.1) is 17.0 Å². The van der Waals surface area contributed by atoms with Crippen LogP contribution in [0.25, 0.3) is 5.76 Å². The van der Waals surface area contributed by atoms with E-state index in [4.69, 9.17) is 4.74 Å². The SMILES string of the molecule is COc1ccc(C(O)=C2C(=O)C(=O)N(c3nnc(C)s3)C2c2cccc([N+](=O)[O-])c2)cc1. The van der Waals surface area contributed by atoms with Crippen molar-refractivity contribution in [3.05, 3.63) is 80.4 Å². The van der Waals surface area contributed by atoms with Crippen molar-refractivity contribution in [2.75, 3.05) is 12.0 Å². The van der Waals surface area contributed by atoms with Gasteiger partial charge in [0.15, 0.2) is 0 Å². The molecule has 32 heavy (non-hydrogen) atoms. The number of Topliss-reactive ketones (excluding diaryl/α,β-unsaturated/α-hetero) is 1. The van der Waals surface area contributed by atoms with Crippen molar-refractivity contribution in [1.29, 1.82) is 0 Å². The van der Waals surface area contributed by atoms with E-state index in [9.17, 15) is 24.8 Å². The molecule has 2 heterocycles. The number of methoxy groups -OCH3 is 1. The molecule has 4 rings (SSSR count). The number of aryl methyl sites for hydroxylation is 1. The number of aromatic nitrogens is 2. The fraction of sp³-hybridized carbons (Fsp3) is 0.143. The average Bonchev–Trinajstić information content (AvgIpc) is 3.34. The lowest BCUT2D eigenvalue weighted by atomic mass is 9.95. The molecule has 2 aromatic carbocycles. The van der Waals surface area contributed by atoms with Crippen LogP contribution in [0.15, 0.2) is 54.1 Å². The number of rotatable bonds is 5. The summed E-state index contributed by atoms with van der Waals surface area (Å²) in [6.45, 7) is 1.69. The van der Waals surface area contributed by atoms with Gasteiger partial charge in [-0.15, -0.1) is 10.2 Å². The zero-order valence-corrected chi connectivity index (χ0v) is 17.7. The summed E-state index contributed by atoms with van der Waals surface area (Å²) < 4.78 is 5.11. The van der Waals surface area contributed by atoms with Gasteiger partial charge in [0.05, 0.1) is 23.6 Å². The first-order valence-electron chi connectivity index (χ1n) is 9.31. The second-order valence-corrected chi connectivity index (χ2v) is 8.01. The van der Waals surface area contributed by atoms with Gasteiger partial charge >= 0.3 is 5.91 Å². The number of benzene rings is 2. The fourth-order valence-corrected chi connectivity index (χ4v) is 4.16. The molecule has 1 aromatic heterocycles. The molecule has 1 amide bonds. The molecule has 1 aliphatic heterocycles. The first kappa shape index (κ1) is 21.1. The van der Waals surface area contributed by atoms with Crippen LogP contribution in [0.4, 0.5) is 10.8 Å². The smallest absolute Gasteiger partial charge is 0.301 e. The van der Waals surface area contributed by atoms with Gasteiger partial charge in [-0.2, -0.15) is 0 Å². The Kier molecular flexibility index (Phi) is 5.41. The van der Waals surface area contributed by atoms with E-state index in [1.54, 1.807) is 37.3 Å². The van der Waals surface area contributed by atoms with Crippen molar-refractivity contribution in [3.8, 4) is 5.75 Å². The Labute approximate surface area is 185 Å². The summed E-state index contributed by atoms with van der Waals surface area (Å²) in [4.78, 5) is 37.9. The number of nitrogens with zero attached hydrogens (tertiary/aromatic N) is 4. The summed E-state index contributed by atoms with van der Waals surface area (Å²) in [7, 11) is 1.49. The van der Waals surface area contributed by atoms with Crippen molar-refractivity contribution >= 4 is 39.6 Å². The largest absolute Gasteiger partial charge is 0.507 e. The monoisotopic (exact) mass is 452 g/mol. The first-order chi connectivity index (χ1) is 15.3. The van der Waals surface area contributed by atoms with Crippen molar-refractivity contribution in [3.63, 3.8) is 0 Å². The molecule has 11 heteroatoms. The Bertz CT molecular complexity index is 1270.